The molecule has 2 aromatic rings. The molecule has 0 aromatic heterocycles. The summed E-state index contributed by atoms with van der Waals surface area (Å²) in [5.41, 5.74) is 2.74. The van der Waals surface area contributed by atoms with Crippen LogP contribution in [0.5, 0.6) is 0 Å². The fourth-order valence-corrected chi connectivity index (χ4v) is 5.90. The Morgan fingerprint density at radius 3 is 2.43 bits per heavy atom. The molecular formula is C29H35NO7. The molecule has 0 spiro atoms. The van der Waals surface area contributed by atoms with Crippen LogP contribution < -0.4 is 0 Å². The molecule has 4 aliphatic rings. The van der Waals surface area contributed by atoms with E-state index in [1.54, 1.807) is 7.11 Å². The lowest BCUT2D eigenvalue weighted by Gasteiger charge is -2.45. The van der Waals surface area contributed by atoms with Crippen molar-refractivity contribution in [2.75, 3.05) is 20.3 Å². The number of fused-ring (bicyclic) bond motifs is 2. The van der Waals surface area contributed by atoms with Crippen molar-refractivity contribution >= 4 is 0 Å². The Hall–Kier alpha value is -2.14. The summed E-state index contributed by atoms with van der Waals surface area (Å²) in [6.07, 6.45) is -1.45. The first kappa shape index (κ1) is 25.2. The fraction of sp³-hybridized carbons (Fsp3) is 0.517. The van der Waals surface area contributed by atoms with Crippen molar-refractivity contribution < 1.29 is 33.5 Å². The zero-order chi connectivity index (χ0) is 25.6. The maximum Gasteiger partial charge on any atom is 0.184 e. The van der Waals surface area contributed by atoms with Gasteiger partial charge in [-0.25, -0.2) is 0 Å². The Kier molecular flexibility index (Phi) is 6.94. The van der Waals surface area contributed by atoms with E-state index in [2.05, 4.69) is 17.0 Å². The summed E-state index contributed by atoms with van der Waals surface area (Å²) in [6.45, 7) is 5.64. The summed E-state index contributed by atoms with van der Waals surface area (Å²) in [4.78, 5) is 2.33. The minimum Gasteiger partial charge on any atom is -0.386 e. The summed E-state index contributed by atoms with van der Waals surface area (Å²) in [7, 11) is 1.58. The first-order chi connectivity index (χ1) is 17.9. The van der Waals surface area contributed by atoms with Crippen molar-refractivity contribution in [3.63, 3.8) is 0 Å². The second kappa shape index (κ2) is 10.2. The highest BCUT2D eigenvalue weighted by Crippen LogP contribution is 2.41. The number of likely N-dealkylation sites (tertiary alicyclic amines) is 1. The molecule has 37 heavy (non-hydrogen) atoms. The quantitative estimate of drug-likeness (QED) is 0.616. The topological polar surface area (TPSA) is 78.9 Å². The van der Waals surface area contributed by atoms with Crippen LogP contribution in [-0.4, -0.2) is 78.9 Å². The van der Waals surface area contributed by atoms with E-state index < -0.39 is 36.7 Å². The normalized spacial score (nSPS) is 38.4. The smallest absolute Gasteiger partial charge is 0.184 e. The molecule has 0 radical (unpaired) electrons. The average molecular weight is 510 g/mol. The minimum absolute atomic E-state index is 0.0715. The number of rotatable bonds is 5. The standard InChI is InChI=1S/C29H35NO7/c1-29(2)36-22-16-30(15-18-10-6-4-7-11-18)21(25(22)37-29)14-20-24(31)26-23(34-28(20)32-3)17-33-27(35-26)19-12-8-5-9-13-19/h4-14,21-28,31H,15-17H2,1-3H3/b20-14-/t21-,22+,23-,24-,25-,26-,27-,28+/m1/s1. The number of nitrogens with zero attached hydrogens (tertiary/aromatic N) is 1. The summed E-state index contributed by atoms with van der Waals surface area (Å²) >= 11 is 0. The molecule has 4 fully saturated rings. The fourth-order valence-electron chi connectivity index (χ4n) is 5.90. The van der Waals surface area contributed by atoms with Gasteiger partial charge in [0.05, 0.1) is 12.6 Å². The molecule has 0 unspecified atom stereocenters. The number of benzene rings is 2. The molecule has 0 bridgehead atoms. The summed E-state index contributed by atoms with van der Waals surface area (Å²) in [6, 6.07) is 19.9. The third kappa shape index (κ3) is 5.01. The number of hydrogen-bond donors (Lipinski definition) is 1. The Labute approximate surface area is 217 Å². The van der Waals surface area contributed by atoms with Crippen LogP contribution >= 0.6 is 0 Å². The van der Waals surface area contributed by atoms with Gasteiger partial charge in [-0.15, -0.1) is 0 Å². The van der Waals surface area contributed by atoms with Crippen LogP contribution in [0.4, 0.5) is 0 Å². The minimum atomic E-state index is -0.924. The number of ether oxygens (including phenoxy) is 6. The third-order valence-electron chi connectivity index (χ3n) is 7.55. The van der Waals surface area contributed by atoms with E-state index in [1.807, 2.05) is 68.5 Å². The van der Waals surface area contributed by atoms with Crippen molar-refractivity contribution in [2.24, 2.45) is 0 Å². The number of aliphatic hydroxyl groups excluding tert-OH is 1. The molecule has 0 aliphatic carbocycles. The van der Waals surface area contributed by atoms with Gasteiger partial charge in [-0.1, -0.05) is 66.7 Å². The van der Waals surface area contributed by atoms with Crippen molar-refractivity contribution in [1.29, 1.82) is 0 Å². The molecule has 198 valence electrons. The predicted molar refractivity (Wildman–Crippen MR) is 134 cm³/mol. The maximum atomic E-state index is 11.6. The Morgan fingerprint density at radius 2 is 1.70 bits per heavy atom. The van der Waals surface area contributed by atoms with Crippen molar-refractivity contribution in [2.45, 2.75) is 75.3 Å². The van der Waals surface area contributed by atoms with Gasteiger partial charge in [0, 0.05) is 31.3 Å². The molecule has 0 saturated carbocycles. The summed E-state index contributed by atoms with van der Waals surface area (Å²) in [5.74, 6) is -0.662. The van der Waals surface area contributed by atoms with Gasteiger partial charge in [0.25, 0.3) is 0 Å². The Morgan fingerprint density at radius 1 is 0.973 bits per heavy atom. The van der Waals surface area contributed by atoms with Gasteiger partial charge in [0.1, 0.15) is 30.5 Å². The van der Waals surface area contributed by atoms with E-state index in [9.17, 15) is 5.11 Å². The largest absolute Gasteiger partial charge is 0.386 e. The lowest BCUT2D eigenvalue weighted by Crippen LogP contribution is -2.56. The average Bonchev–Trinajstić information content (AvgIpc) is 3.37. The lowest BCUT2D eigenvalue weighted by atomic mass is 9.92. The van der Waals surface area contributed by atoms with Gasteiger partial charge < -0.3 is 33.5 Å². The molecular weight excluding hydrogens is 474 g/mol. The van der Waals surface area contributed by atoms with E-state index in [0.29, 0.717) is 12.2 Å². The Bertz CT molecular complexity index is 1090. The highest BCUT2D eigenvalue weighted by Gasteiger charge is 2.53. The first-order valence-electron chi connectivity index (χ1n) is 13.0. The maximum absolute atomic E-state index is 11.6. The highest BCUT2D eigenvalue weighted by atomic mass is 16.8. The van der Waals surface area contributed by atoms with Gasteiger partial charge >= 0.3 is 0 Å². The molecule has 4 heterocycles. The van der Waals surface area contributed by atoms with E-state index in [4.69, 9.17) is 28.4 Å². The van der Waals surface area contributed by atoms with Crippen LogP contribution in [0, 0.1) is 0 Å². The summed E-state index contributed by atoms with van der Waals surface area (Å²) in [5, 5.41) is 11.6. The molecule has 0 amide bonds. The lowest BCUT2D eigenvalue weighted by molar-refractivity contribution is -0.318. The monoisotopic (exact) mass is 509 g/mol. The van der Waals surface area contributed by atoms with Crippen LogP contribution in [0.1, 0.15) is 31.3 Å². The van der Waals surface area contributed by atoms with E-state index in [-0.39, 0.29) is 18.2 Å². The second-order valence-electron chi connectivity index (χ2n) is 10.6. The van der Waals surface area contributed by atoms with E-state index in [1.165, 1.54) is 5.56 Å². The number of methoxy groups -OCH3 is 1. The zero-order valence-electron chi connectivity index (χ0n) is 21.4. The number of hydrogen-bond acceptors (Lipinski definition) is 8. The highest BCUT2D eigenvalue weighted by molar-refractivity contribution is 5.25. The third-order valence-corrected chi connectivity index (χ3v) is 7.55. The van der Waals surface area contributed by atoms with E-state index in [0.717, 1.165) is 18.7 Å². The zero-order valence-corrected chi connectivity index (χ0v) is 21.4. The van der Waals surface area contributed by atoms with Gasteiger partial charge in [-0.3, -0.25) is 4.90 Å². The van der Waals surface area contributed by atoms with Gasteiger partial charge in [-0.2, -0.15) is 0 Å². The van der Waals surface area contributed by atoms with Crippen molar-refractivity contribution in [3.8, 4) is 0 Å². The molecule has 4 saturated heterocycles. The molecule has 8 nitrogen and oxygen atoms in total. The predicted octanol–water partition coefficient (Wildman–Crippen LogP) is 3.16. The van der Waals surface area contributed by atoms with E-state index >= 15 is 0 Å². The molecule has 8 atom stereocenters. The SMILES string of the molecule is CO[C@H]1O[C@@H]2CO[C@@H](c3ccccc3)O[C@H]2[C@H](O)/C1=C/[C@@H]1[C@H]2OC(C)(C)O[C@H]2CN1Cc1ccccc1. The van der Waals surface area contributed by atoms with Crippen LogP contribution in [0.2, 0.25) is 0 Å². The Balaban J connectivity index is 1.29. The van der Waals surface area contributed by atoms with Gasteiger partial charge in [0.2, 0.25) is 0 Å². The van der Waals surface area contributed by atoms with Crippen LogP contribution in [-0.2, 0) is 35.0 Å². The molecule has 8 heteroatoms. The second-order valence-corrected chi connectivity index (χ2v) is 10.6. The first-order valence-corrected chi connectivity index (χ1v) is 13.0. The molecule has 1 N–H and O–H groups in total. The molecule has 6 rings (SSSR count). The van der Waals surface area contributed by atoms with Crippen LogP contribution in [0.25, 0.3) is 0 Å². The van der Waals surface area contributed by atoms with Gasteiger partial charge in [-0.05, 0) is 19.4 Å². The van der Waals surface area contributed by atoms with Crippen molar-refractivity contribution in [1.82, 2.24) is 4.90 Å². The molecule has 2 aromatic carbocycles. The van der Waals surface area contributed by atoms with Crippen LogP contribution in [0.15, 0.2) is 72.3 Å². The number of aliphatic hydroxyl groups is 1. The van der Waals surface area contributed by atoms with Crippen LogP contribution in [0.3, 0.4) is 0 Å². The van der Waals surface area contributed by atoms with Crippen molar-refractivity contribution in [3.05, 3.63) is 83.4 Å². The molecule has 4 aliphatic heterocycles. The summed E-state index contributed by atoms with van der Waals surface area (Å²) < 4.78 is 36.7. The van der Waals surface area contributed by atoms with Gasteiger partial charge in [0.15, 0.2) is 18.4 Å².